The molecule has 1 nitrogen and oxygen atoms in total. The second-order valence-corrected chi connectivity index (χ2v) is 3.46. The first kappa shape index (κ1) is 6.87. The molecule has 2 heteroatoms. The fourth-order valence-electron chi connectivity index (χ4n) is 1.06. The summed E-state index contributed by atoms with van der Waals surface area (Å²) < 4.78 is 1.22. The number of nitrogens with zero attached hydrogens (tertiary/aromatic N) is 1. The van der Waals surface area contributed by atoms with Gasteiger partial charge in [0.25, 0.3) is 0 Å². The van der Waals surface area contributed by atoms with Gasteiger partial charge in [-0.3, -0.25) is 0 Å². The van der Waals surface area contributed by atoms with Crippen LogP contribution in [-0.4, -0.2) is 21.8 Å². The molecular formula is C9H6AsN. The van der Waals surface area contributed by atoms with Gasteiger partial charge >= 0.3 is 73.6 Å². The second-order valence-electron chi connectivity index (χ2n) is 2.38. The molecule has 0 aliphatic rings. The quantitative estimate of drug-likeness (QED) is 0.582. The van der Waals surface area contributed by atoms with Crippen molar-refractivity contribution in [3.8, 4) is 0 Å². The van der Waals surface area contributed by atoms with E-state index in [1.165, 1.54) is 9.74 Å². The number of hydrogen-bond acceptors (Lipinski definition) is 1. The SMILES string of the molecule is [As]c1ccc2ncccc2c1. The van der Waals surface area contributed by atoms with Gasteiger partial charge in [-0.15, -0.1) is 0 Å². The topological polar surface area (TPSA) is 12.9 Å². The van der Waals surface area contributed by atoms with Gasteiger partial charge in [-0.1, -0.05) is 0 Å². The van der Waals surface area contributed by atoms with Crippen molar-refractivity contribution in [3.05, 3.63) is 36.5 Å². The number of benzene rings is 1. The standard InChI is InChI=1S/C9H6AsN/c10-8-3-4-9-7(6-8)2-1-5-11-9/h1-6H. The van der Waals surface area contributed by atoms with Gasteiger partial charge in [-0.05, 0) is 0 Å². The molecule has 2 rings (SSSR count). The first-order chi connectivity index (χ1) is 5.36. The number of rotatable bonds is 0. The predicted octanol–water partition coefficient (Wildman–Crippen LogP) is 1.03. The van der Waals surface area contributed by atoms with E-state index in [1.54, 1.807) is 0 Å². The van der Waals surface area contributed by atoms with Crippen LogP contribution in [0.15, 0.2) is 36.5 Å². The Morgan fingerprint density at radius 1 is 1.18 bits per heavy atom. The van der Waals surface area contributed by atoms with Gasteiger partial charge < -0.3 is 0 Å². The average molecular weight is 203 g/mol. The Bertz CT molecular complexity index is 384. The first-order valence-corrected chi connectivity index (χ1v) is 4.34. The summed E-state index contributed by atoms with van der Waals surface area (Å²) in [6, 6.07) is 10.2. The Morgan fingerprint density at radius 3 is 3.00 bits per heavy atom. The average Bonchev–Trinajstić information content (AvgIpc) is 2.04. The molecule has 1 aromatic heterocycles. The molecule has 0 atom stereocenters. The van der Waals surface area contributed by atoms with Gasteiger partial charge in [-0.25, -0.2) is 0 Å². The summed E-state index contributed by atoms with van der Waals surface area (Å²) in [5.41, 5.74) is 1.06. The summed E-state index contributed by atoms with van der Waals surface area (Å²) in [5.74, 6) is 0. The van der Waals surface area contributed by atoms with Crippen LogP contribution in [0.1, 0.15) is 0 Å². The molecule has 0 bridgehead atoms. The van der Waals surface area contributed by atoms with Crippen molar-refractivity contribution in [2.75, 3.05) is 0 Å². The van der Waals surface area contributed by atoms with E-state index in [1.807, 2.05) is 18.3 Å². The van der Waals surface area contributed by atoms with Crippen LogP contribution in [-0.2, 0) is 0 Å². The minimum atomic E-state index is 1.06. The van der Waals surface area contributed by atoms with Gasteiger partial charge in [-0.2, -0.15) is 0 Å². The molecule has 1 heterocycles. The van der Waals surface area contributed by atoms with Crippen LogP contribution in [0.2, 0.25) is 0 Å². The zero-order valence-corrected chi connectivity index (χ0v) is 7.74. The van der Waals surface area contributed by atoms with Crippen LogP contribution in [0.5, 0.6) is 0 Å². The first-order valence-electron chi connectivity index (χ1n) is 3.40. The second kappa shape index (κ2) is 2.67. The van der Waals surface area contributed by atoms with Gasteiger partial charge in [0.2, 0.25) is 0 Å². The van der Waals surface area contributed by atoms with E-state index >= 15 is 0 Å². The Labute approximate surface area is 74.0 Å². The summed E-state index contributed by atoms with van der Waals surface area (Å²) in [6.45, 7) is 0. The number of pyridine rings is 1. The van der Waals surface area contributed by atoms with E-state index in [4.69, 9.17) is 0 Å². The van der Waals surface area contributed by atoms with Gasteiger partial charge in [0, 0.05) is 0 Å². The molecule has 1 aromatic carbocycles. The van der Waals surface area contributed by atoms with Crippen molar-refractivity contribution in [1.29, 1.82) is 0 Å². The van der Waals surface area contributed by atoms with E-state index in [9.17, 15) is 0 Å². The zero-order chi connectivity index (χ0) is 7.68. The summed E-state index contributed by atoms with van der Waals surface area (Å²) in [4.78, 5) is 4.22. The Kier molecular flexibility index (Phi) is 1.67. The third kappa shape index (κ3) is 1.29. The number of aromatic nitrogens is 1. The molecular weight excluding hydrogens is 197 g/mol. The van der Waals surface area contributed by atoms with Crippen molar-refractivity contribution in [1.82, 2.24) is 4.98 Å². The van der Waals surface area contributed by atoms with E-state index < -0.39 is 0 Å². The molecule has 0 fully saturated rings. The fraction of sp³-hybridized carbons (Fsp3) is 0. The van der Waals surface area contributed by atoms with Gasteiger partial charge in [0.05, 0.1) is 0 Å². The van der Waals surface area contributed by atoms with Crippen LogP contribution in [0.25, 0.3) is 10.9 Å². The summed E-state index contributed by atoms with van der Waals surface area (Å²) >= 11 is 2.53. The zero-order valence-electron chi connectivity index (χ0n) is 5.86. The van der Waals surface area contributed by atoms with Crippen LogP contribution in [0.3, 0.4) is 0 Å². The van der Waals surface area contributed by atoms with Crippen LogP contribution >= 0.6 is 0 Å². The van der Waals surface area contributed by atoms with Crippen LogP contribution < -0.4 is 4.35 Å². The van der Waals surface area contributed by atoms with E-state index in [-0.39, 0.29) is 0 Å². The van der Waals surface area contributed by atoms with E-state index in [0.29, 0.717) is 0 Å². The number of fused-ring (bicyclic) bond motifs is 1. The summed E-state index contributed by atoms with van der Waals surface area (Å²) in [7, 11) is 0. The Morgan fingerprint density at radius 2 is 2.09 bits per heavy atom. The molecule has 11 heavy (non-hydrogen) atoms. The third-order valence-electron chi connectivity index (χ3n) is 1.59. The predicted molar refractivity (Wildman–Crippen MR) is 47.1 cm³/mol. The number of hydrogen-bond donors (Lipinski definition) is 0. The molecule has 0 saturated carbocycles. The molecule has 52 valence electrons. The Hall–Kier alpha value is -0.812. The maximum absolute atomic E-state index is 4.22. The maximum atomic E-state index is 4.22. The molecule has 0 aliphatic heterocycles. The molecule has 0 spiro atoms. The summed E-state index contributed by atoms with van der Waals surface area (Å²) in [5, 5.41) is 1.20. The molecule has 0 N–H and O–H groups in total. The van der Waals surface area contributed by atoms with Gasteiger partial charge in [0.15, 0.2) is 0 Å². The van der Waals surface area contributed by atoms with Crippen molar-refractivity contribution < 1.29 is 0 Å². The van der Waals surface area contributed by atoms with E-state index in [0.717, 1.165) is 5.52 Å². The Balaban J connectivity index is 2.83. The molecule has 0 saturated heterocycles. The fourth-order valence-corrected chi connectivity index (χ4v) is 1.51. The third-order valence-corrected chi connectivity index (χ3v) is 2.17. The normalized spacial score (nSPS) is 10.3. The van der Waals surface area contributed by atoms with Crippen molar-refractivity contribution in [3.63, 3.8) is 0 Å². The van der Waals surface area contributed by atoms with Crippen LogP contribution in [0, 0.1) is 0 Å². The van der Waals surface area contributed by atoms with E-state index in [2.05, 4.69) is 40.0 Å². The van der Waals surface area contributed by atoms with Gasteiger partial charge in [0.1, 0.15) is 0 Å². The molecule has 0 amide bonds. The van der Waals surface area contributed by atoms with Crippen molar-refractivity contribution >= 4 is 32.1 Å². The molecule has 0 unspecified atom stereocenters. The monoisotopic (exact) mass is 203 g/mol. The van der Waals surface area contributed by atoms with Crippen molar-refractivity contribution in [2.24, 2.45) is 0 Å². The van der Waals surface area contributed by atoms with Crippen molar-refractivity contribution in [2.45, 2.75) is 0 Å². The summed E-state index contributed by atoms with van der Waals surface area (Å²) in [6.07, 6.45) is 1.81. The van der Waals surface area contributed by atoms with Crippen LogP contribution in [0.4, 0.5) is 0 Å². The molecule has 2 radical (unpaired) electrons. The molecule has 2 aromatic rings. The minimum absolute atomic E-state index is 1.06. The molecule has 0 aliphatic carbocycles.